The maximum absolute atomic E-state index is 5.08. The Kier molecular flexibility index (Phi) is 5.87. The summed E-state index contributed by atoms with van der Waals surface area (Å²) in [6.45, 7) is 2.73. The van der Waals surface area contributed by atoms with Crippen molar-refractivity contribution in [2.75, 3.05) is 20.1 Å². The fourth-order valence-corrected chi connectivity index (χ4v) is 2.78. The van der Waals surface area contributed by atoms with Gasteiger partial charge in [0.15, 0.2) is 5.96 Å². The molecule has 120 valence electrons. The van der Waals surface area contributed by atoms with Crippen LogP contribution in [-0.2, 0) is 13.6 Å². The number of hydrogen-bond acceptors (Lipinski definition) is 3. The van der Waals surface area contributed by atoms with Gasteiger partial charge >= 0.3 is 0 Å². The molecule has 0 spiro atoms. The number of furan rings is 1. The van der Waals surface area contributed by atoms with E-state index in [4.69, 9.17) is 4.42 Å². The number of aromatic nitrogens is 2. The molecule has 3 heterocycles. The lowest BCUT2D eigenvalue weighted by molar-refractivity contribution is 0.485. The molecule has 7 heteroatoms. The molecule has 2 aromatic rings. The first-order valence-corrected chi connectivity index (χ1v) is 7.21. The zero-order valence-electron chi connectivity index (χ0n) is 12.9. The van der Waals surface area contributed by atoms with E-state index in [1.165, 1.54) is 5.56 Å². The minimum absolute atomic E-state index is 0. The van der Waals surface area contributed by atoms with Crippen LogP contribution in [0, 0.1) is 0 Å². The van der Waals surface area contributed by atoms with Crippen LogP contribution < -0.4 is 5.32 Å². The standard InChI is InChI=1S/C15H21N5O.HI/c1-16-15(17-7-12-4-6-21-11-12)20-5-3-13(10-20)14-8-18-19(2)9-14;/h4,6,8-9,11,13H,3,5,7,10H2,1-2H3,(H,16,17);1H. The van der Waals surface area contributed by atoms with Gasteiger partial charge in [-0.1, -0.05) is 0 Å². The third kappa shape index (κ3) is 3.82. The third-order valence-corrected chi connectivity index (χ3v) is 3.93. The Morgan fingerprint density at radius 3 is 3.05 bits per heavy atom. The maximum Gasteiger partial charge on any atom is 0.193 e. The van der Waals surface area contributed by atoms with Gasteiger partial charge in [-0.25, -0.2) is 0 Å². The number of guanidine groups is 1. The maximum atomic E-state index is 5.08. The van der Waals surface area contributed by atoms with Gasteiger partial charge < -0.3 is 14.6 Å². The van der Waals surface area contributed by atoms with Crippen LogP contribution in [0.25, 0.3) is 0 Å². The summed E-state index contributed by atoms with van der Waals surface area (Å²) in [6.07, 6.45) is 8.65. The van der Waals surface area contributed by atoms with Gasteiger partial charge in [-0.2, -0.15) is 5.10 Å². The summed E-state index contributed by atoms with van der Waals surface area (Å²) >= 11 is 0. The SMILES string of the molecule is CN=C(NCc1ccoc1)N1CCC(c2cnn(C)c2)C1.I. The molecule has 1 saturated heterocycles. The fourth-order valence-electron chi connectivity index (χ4n) is 2.78. The molecule has 0 saturated carbocycles. The molecule has 1 aliphatic rings. The average molecular weight is 415 g/mol. The monoisotopic (exact) mass is 415 g/mol. The molecule has 6 nitrogen and oxygen atoms in total. The van der Waals surface area contributed by atoms with Crippen LogP contribution in [0.2, 0.25) is 0 Å². The quantitative estimate of drug-likeness (QED) is 0.475. The van der Waals surface area contributed by atoms with E-state index in [9.17, 15) is 0 Å². The van der Waals surface area contributed by atoms with Gasteiger partial charge in [0.25, 0.3) is 0 Å². The molecule has 1 fully saturated rings. The zero-order valence-corrected chi connectivity index (χ0v) is 15.2. The van der Waals surface area contributed by atoms with E-state index in [1.54, 1.807) is 12.5 Å². The van der Waals surface area contributed by atoms with E-state index in [-0.39, 0.29) is 24.0 Å². The number of nitrogens with zero attached hydrogens (tertiary/aromatic N) is 4. The lowest BCUT2D eigenvalue weighted by Crippen LogP contribution is -2.39. The van der Waals surface area contributed by atoms with Crippen molar-refractivity contribution in [2.45, 2.75) is 18.9 Å². The van der Waals surface area contributed by atoms with Gasteiger partial charge in [0, 0.05) is 51.4 Å². The molecule has 1 N–H and O–H groups in total. The Bertz CT molecular complexity index is 607. The number of likely N-dealkylation sites (tertiary alicyclic amines) is 1. The first-order chi connectivity index (χ1) is 10.3. The summed E-state index contributed by atoms with van der Waals surface area (Å²) in [5.74, 6) is 1.48. The lowest BCUT2D eigenvalue weighted by atomic mass is 10.0. The van der Waals surface area contributed by atoms with E-state index in [1.807, 2.05) is 31.0 Å². The molecule has 0 radical (unpaired) electrons. The molecule has 22 heavy (non-hydrogen) atoms. The molecule has 0 amide bonds. The first kappa shape index (κ1) is 16.9. The zero-order chi connectivity index (χ0) is 14.7. The van der Waals surface area contributed by atoms with Crippen LogP contribution >= 0.6 is 24.0 Å². The smallest absolute Gasteiger partial charge is 0.193 e. The minimum Gasteiger partial charge on any atom is -0.472 e. The molecule has 3 rings (SSSR count). The summed E-state index contributed by atoms with van der Waals surface area (Å²) < 4.78 is 6.95. The predicted molar refractivity (Wildman–Crippen MR) is 96.5 cm³/mol. The van der Waals surface area contributed by atoms with Gasteiger partial charge in [-0.3, -0.25) is 9.67 Å². The van der Waals surface area contributed by atoms with Crippen molar-refractivity contribution in [3.8, 4) is 0 Å². The summed E-state index contributed by atoms with van der Waals surface area (Å²) in [6, 6.07) is 1.96. The summed E-state index contributed by atoms with van der Waals surface area (Å²) in [5, 5.41) is 7.65. The van der Waals surface area contributed by atoms with Crippen LogP contribution in [0.3, 0.4) is 0 Å². The normalized spacial score (nSPS) is 18.4. The summed E-state index contributed by atoms with van der Waals surface area (Å²) in [4.78, 5) is 6.69. The van der Waals surface area contributed by atoms with Crippen molar-refractivity contribution in [2.24, 2.45) is 12.0 Å². The van der Waals surface area contributed by atoms with Crippen molar-refractivity contribution in [3.63, 3.8) is 0 Å². The van der Waals surface area contributed by atoms with Gasteiger partial charge in [0.2, 0.25) is 0 Å². The average Bonchev–Trinajstić information content (AvgIpc) is 3.19. The molecule has 0 aliphatic carbocycles. The minimum atomic E-state index is 0. The van der Waals surface area contributed by atoms with Gasteiger partial charge in [-0.15, -0.1) is 24.0 Å². The van der Waals surface area contributed by atoms with E-state index >= 15 is 0 Å². The topological polar surface area (TPSA) is 58.6 Å². The van der Waals surface area contributed by atoms with Gasteiger partial charge in [-0.05, 0) is 18.1 Å². The highest BCUT2D eigenvalue weighted by Crippen LogP contribution is 2.26. The second kappa shape index (κ2) is 7.66. The molecular formula is C15H22IN5O. The number of halogens is 1. The Balaban J connectivity index is 0.00000176. The van der Waals surface area contributed by atoms with E-state index in [2.05, 4.69) is 26.5 Å². The van der Waals surface area contributed by atoms with Crippen molar-refractivity contribution in [1.82, 2.24) is 20.0 Å². The van der Waals surface area contributed by atoms with E-state index < -0.39 is 0 Å². The Morgan fingerprint density at radius 1 is 1.55 bits per heavy atom. The van der Waals surface area contributed by atoms with Crippen molar-refractivity contribution in [1.29, 1.82) is 0 Å². The highest BCUT2D eigenvalue weighted by atomic mass is 127. The van der Waals surface area contributed by atoms with Crippen molar-refractivity contribution < 1.29 is 4.42 Å². The van der Waals surface area contributed by atoms with Crippen LogP contribution in [0.15, 0.2) is 40.4 Å². The van der Waals surface area contributed by atoms with Gasteiger partial charge in [0.1, 0.15) is 0 Å². The summed E-state index contributed by atoms with van der Waals surface area (Å²) in [7, 11) is 3.79. The second-order valence-corrected chi connectivity index (χ2v) is 5.41. The number of aliphatic imine (C=N–C) groups is 1. The van der Waals surface area contributed by atoms with E-state index in [0.29, 0.717) is 5.92 Å². The van der Waals surface area contributed by atoms with Crippen LogP contribution in [0.4, 0.5) is 0 Å². The molecule has 0 bridgehead atoms. The van der Waals surface area contributed by atoms with Gasteiger partial charge in [0.05, 0.1) is 18.7 Å². The highest BCUT2D eigenvalue weighted by molar-refractivity contribution is 14.0. The predicted octanol–water partition coefficient (Wildman–Crippen LogP) is 2.20. The van der Waals surface area contributed by atoms with Crippen molar-refractivity contribution >= 4 is 29.9 Å². The molecule has 1 atom stereocenters. The molecular weight excluding hydrogens is 393 g/mol. The Hall–Kier alpha value is -1.51. The molecule has 2 aromatic heterocycles. The first-order valence-electron chi connectivity index (χ1n) is 7.21. The highest BCUT2D eigenvalue weighted by Gasteiger charge is 2.26. The van der Waals surface area contributed by atoms with E-state index in [0.717, 1.165) is 37.6 Å². The largest absolute Gasteiger partial charge is 0.472 e. The Labute approximate surface area is 147 Å². The number of aryl methyl sites for hydroxylation is 1. The lowest BCUT2D eigenvalue weighted by Gasteiger charge is -2.21. The molecule has 0 aromatic carbocycles. The molecule has 1 unspecified atom stereocenters. The van der Waals surface area contributed by atoms with Crippen LogP contribution in [-0.4, -0.2) is 40.8 Å². The van der Waals surface area contributed by atoms with Crippen molar-refractivity contribution in [3.05, 3.63) is 42.1 Å². The molecule has 1 aliphatic heterocycles. The number of hydrogen-bond donors (Lipinski definition) is 1. The number of rotatable bonds is 3. The second-order valence-electron chi connectivity index (χ2n) is 5.41. The summed E-state index contributed by atoms with van der Waals surface area (Å²) in [5.41, 5.74) is 2.43. The van der Waals surface area contributed by atoms with Crippen LogP contribution in [0.5, 0.6) is 0 Å². The number of nitrogens with one attached hydrogen (secondary N) is 1. The fraction of sp³-hybridized carbons (Fsp3) is 0.467. The Morgan fingerprint density at radius 2 is 2.41 bits per heavy atom. The van der Waals surface area contributed by atoms with Crippen LogP contribution in [0.1, 0.15) is 23.5 Å². The third-order valence-electron chi connectivity index (χ3n) is 3.93.